The zero-order valence-corrected chi connectivity index (χ0v) is 17.1. The van der Waals surface area contributed by atoms with Crippen LogP contribution in [0.1, 0.15) is 11.5 Å². The second-order valence-corrected chi connectivity index (χ2v) is 6.97. The van der Waals surface area contributed by atoms with Crippen LogP contribution in [0.25, 0.3) is 22.3 Å². The number of hydrogen-bond donors (Lipinski definition) is 3. The lowest BCUT2D eigenvalue weighted by Gasteiger charge is -2.19. The van der Waals surface area contributed by atoms with Crippen LogP contribution in [0.4, 0.5) is 4.79 Å². The number of urea groups is 1. The van der Waals surface area contributed by atoms with Crippen molar-refractivity contribution in [2.75, 3.05) is 7.11 Å². The van der Waals surface area contributed by atoms with E-state index < -0.39 is 18.0 Å². The van der Waals surface area contributed by atoms with E-state index in [1.54, 1.807) is 18.3 Å². The number of fused-ring (bicyclic) bond motifs is 1. The lowest BCUT2D eigenvalue weighted by atomic mass is 10.1. The van der Waals surface area contributed by atoms with Crippen molar-refractivity contribution < 1.29 is 24.0 Å². The third-order valence-electron chi connectivity index (χ3n) is 4.90. The van der Waals surface area contributed by atoms with Gasteiger partial charge < -0.3 is 34.8 Å². The summed E-state index contributed by atoms with van der Waals surface area (Å²) < 4.78 is 10.4. The molecule has 0 unspecified atom stereocenters. The standard InChI is InChI=1S/C22H21N5O5/c1-31-18-9-5-3-7-15(18)20-26-19(32-27-20)12-24-22(30)25-17(21(28)29)10-13-11-23-16-8-4-2-6-14(13)16/h2-9,11,17,23H,10,12H2,1H3,(H,28,29)(H2,24,25,30)/p-1/t17-/m1/s1. The molecule has 3 N–H and O–H groups in total. The van der Waals surface area contributed by atoms with Crippen molar-refractivity contribution in [1.82, 2.24) is 25.8 Å². The van der Waals surface area contributed by atoms with Gasteiger partial charge in [0.15, 0.2) is 0 Å². The van der Waals surface area contributed by atoms with Crippen LogP contribution in [0.5, 0.6) is 5.75 Å². The number of H-pyrrole nitrogens is 1. The van der Waals surface area contributed by atoms with Crippen LogP contribution in [0.15, 0.2) is 59.3 Å². The maximum atomic E-state index is 12.3. The van der Waals surface area contributed by atoms with Crippen molar-refractivity contribution >= 4 is 22.9 Å². The average Bonchev–Trinajstić information content (AvgIpc) is 3.44. The highest BCUT2D eigenvalue weighted by molar-refractivity contribution is 5.85. The van der Waals surface area contributed by atoms with Crippen LogP contribution in [-0.2, 0) is 17.8 Å². The van der Waals surface area contributed by atoms with E-state index in [1.807, 2.05) is 36.4 Å². The SMILES string of the molecule is COc1ccccc1-c1noc(CNC(=O)N[C@H](Cc2c[nH]c3ccccc23)C(=O)[O-])n1. The Labute approximate surface area is 182 Å². The number of carboxylic acids is 1. The Morgan fingerprint density at radius 3 is 2.78 bits per heavy atom. The summed E-state index contributed by atoms with van der Waals surface area (Å²) in [5.41, 5.74) is 2.28. The van der Waals surface area contributed by atoms with Gasteiger partial charge in [0.05, 0.1) is 31.2 Å². The Hall–Kier alpha value is -4.34. The molecule has 4 rings (SSSR count). The number of aromatic amines is 1. The topological polar surface area (TPSA) is 145 Å². The van der Waals surface area contributed by atoms with Crippen LogP contribution in [0.2, 0.25) is 0 Å². The van der Waals surface area contributed by atoms with Crippen molar-refractivity contribution in [1.29, 1.82) is 0 Å². The van der Waals surface area contributed by atoms with E-state index in [0.29, 0.717) is 17.1 Å². The molecule has 0 saturated heterocycles. The second-order valence-electron chi connectivity index (χ2n) is 6.97. The van der Waals surface area contributed by atoms with Crippen molar-refractivity contribution in [2.24, 2.45) is 0 Å². The van der Waals surface area contributed by atoms with Crippen LogP contribution in [-0.4, -0.2) is 40.3 Å². The van der Waals surface area contributed by atoms with Crippen LogP contribution in [0, 0.1) is 0 Å². The summed E-state index contributed by atoms with van der Waals surface area (Å²) in [7, 11) is 1.54. The van der Waals surface area contributed by atoms with Gasteiger partial charge in [0.25, 0.3) is 0 Å². The summed E-state index contributed by atoms with van der Waals surface area (Å²) in [4.78, 5) is 31.2. The predicted octanol–water partition coefficient (Wildman–Crippen LogP) is 1.39. The second kappa shape index (κ2) is 9.21. The summed E-state index contributed by atoms with van der Waals surface area (Å²) in [6, 6.07) is 12.8. The molecular weight excluding hydrogens is 414 g/mol. The van der Waals surface area contributed by atoms with E-state index in [0.717, 1.165) is 16.5 Å². The fourth-order valence-electron chi connectivity index (χ4n) is 3.34. The molecule has 0 aliphatic carbocycles. The molecule has 0 spiro atoms. The summed E-state index contributed by atoms with van der Waals surface area (Å²) in [5.74, 6) is -0.337. The van der Waals surface area contributed by atoms with E-state index in [2.05, 4.69) is 25.8 Å². The molecule has 0 bridgehead atoms. The van der Waals surface area contributed by atoms with Crippen molar-refractivity contribution in [3.63, 3.8) is 0 Å². The molecule has 0 aliphatic rings. The van der Waals surface area contributed by atoms with Gasteiger partial charge in [-0.25, -0.2) is 4.79 Å². The van der Waals surface area contributed by atoms with Gasteiger partial charge in [0.2, 0.25) is 11.7 Å². The third kappa shape index (κ3) is 4.53. The minimum Gasteiger partial charge on any atom is -0.548 e. The highest BCUT2D eigenvalue weighted by Gasteiger charge is 2.18. The number of carboxylic acid groups (broad SMARTS) is 1. The summed E-state index contributed by atoms with van der Waals surface area (Å²) in [6.45, 7) is -0.0825. The zero-order chi connectivity index (χ0) is 22.5. The summed E-state index contributed by atoms with van der Waals surface area (Å²) in [6.07, 6.45) is 1.79. The Kier molecular flexibility index (Phi) is 6.02. The molecule has 10 heteroatoms. The molecule has 1 atom stereocenters. The van der Waals surface area contributed by atoms with Gasteiger partial charge >= 0.3 is 6.03 Å². The van der Waals surface area contributed by atoms with Gasteiger partial charge in [-0.1, -0.05) is 35.5 Å². The number of nitrogens with zero attached hydrogens (tertiary/aromatic N) is 2. The number of carbonyl (C=O) groups is 2. The predicted molar refractivity (Wildman–Crippen MR) is 112 cm³/mol. The summed E-state index contributed by atoms with van der Waals surface area (Å²) >= 11 is 0. The molecule has 10 nitrogen and oxygen atoms in total. The van der Waals surface area contributed by atoms with Gasteiger partial charge in [-0.15, -0.1) is 0 Å². The average molecular weight is 434 g/mol. The normalized spacial score (nSPS) is 11.8. The number of rotatable bonds is 8. The Balaban J connectivity index is 1.37. The van der Waals surface area contributed by atoms with E-state index >= 15 is 0 Å². The van der Waals surface area contributed by atoms with Gasteiger partial charge in [0.1, 0.15) is 5.75 Å². The minimum atomic E-state index is -1.39. The van der Waals surface area contributed by atoms with Crippen LogP contribution < -0.4 is 20.5 Å². The van der Waals surface area contributed by atoms with E-state index in [4.69, 9.17) is 9.26 Å². The molecule has 0 aliphatic heterocycles. The highest BCUT2D eigenvalue weighted by atomic mass is 16.5. The van der Waals surface area contributed by atoms with Crippen molar-refractivity contribution in [2.45, 2.75) is 19.0 Å². The monoisotopic (exact) mass is 434 g/mol. The van der Waals surface area contributed by atoms with E-state index in [1.165, 1.54) is 7.11 Å². The number of nitrogens with one attached hydrogen (secondary N) is 3. The molecule has 0 saturated carbocycles. The highest BCUT2D eigenvalue weighted by Crippen LogP contribution is 2.27. The number of carbonyl (C=O) groups excluding carboxylic acids is 2. The third-order valence-corrected chi connectivity index (χ3v) is 4.90. The maximum Gasteiger partial charge on any atom is 0.315 e. The fourth-order valence-corrected chi connectivity index (χ4v) is 3.34. The first-order valence-corrected chi connectivity index (χ1v) is 9.81. The number of para-hydroxylation sites is 2. The number of methoxy groups -OCH3 is 1. The molecule has 2 aromatic heterocycles. The van der Waals surface area contributed by atoms with Crippen molar-refractivity contribution in [3.05, 3.63) is 66.2 Å². The molecule has 4 aromatic rings. The van der Waals surface area contributed by atoms with Gasteiger partial charge in [0, 0.05) is 23.5 Å². The van der Waals surface area contributed by atoms with E-state index in [-0.39, 0.29) is 18.9 Å². The first-order valence-electron chi connectivity index (χ1n) is 9.81. The van der Waals surface area contributed by atoms with Gasteiger partial charge in [-0.2, -0.15) is 4.98 Å². The van der Waals surface area contributed by atoms with Crippen molar-refractivity contribution in [3.8, 4) is 17.1 Å². The molecule has 32 heavy (non-hydrogen) atoms. The molecule has 164 valence electrons. The number of aromatic nitrogens is 3. The Morgan fingerprint density at radius 2 is 1.97 bits per heavy atom. The fraction of sp³-hybridized carbons (Fsp3) is 0.182. The van der Waals surface area contributed by atoms with Crippen LogP contribution >= 0.6 is 0 Å². The largest absolute Gasteiger partial charge is 0.548 e. The molecular formula is C22H20N5O5-. The quantitative estimate of drug-likeness (QED) is 0.380. The minimum absolute atomic E-state index is 0.0677. The lowest BCUT2D eigenvalue weighted by molar-refractivity contribution is -0.308. The van der Waals surface area contributed by atoms with E-state index in [9.17, 15) is 14.7 Å². The number of benzene rings is 2. The summed E-state index contributed by atoms with van der Waals surface area (Å²) in [5, 5.41) is 21.3. The molecule has 2 aromatic carbocycles. The number of hydrogen-bond acceptors (Lipinski definition) is 7. The Bertz CT molecular complexity index is 1250. The smallest absolute Gasteiger partial charge is 0.315 e. The van der Waals surface area contributed by atoms with Gasteiger partial charge in [-0.05, 0) is 23.8 Å². The van der Waals surface area contributed by atoms with Crippen LogP contribution in [0.3, 0.4) is 0 Å². The number of amides is 2. The molecule has 2 amide bonds. The first kappa shape index (κ1) is 20.9. The lowest BCUT2D eigenvalue weighted by Crippen LogP contribution is -2.51. The molecule has 0 fully saturated rings. The number of ether oxygens (including phenoxy) is 1. The van der Waals surface area contributed by atoms with Gasteiger partial charge in [-0.3, -0.25) is 0 Å². The number of aliphatic carboxylic acids is 1. The Morgan fingerprint density at radius 1 is 1.19 bits per heavy atom. The molecule has 0 radical (unpaired) electrons. The maximum absolute atomic E-state index is 12.3. The molecule has 2 heterocycles. The first-order chi connectivity index (χ1) is 15.5. The zero-order valence-electron chi connectivity index (χ0n) is 17.1.